The lowest BCUT2D eigenvalue weighted by Gasteiger charge is -1.95. The molecule has 0 bridgehead atoms. The highest BCUT2D eigenvalue weighted by molar-refractivity contribution is 6.32. The first-order chi connectivity index (χ1) is 5.61. The molecule has 0 radical (unpaired) electrons. The van der Waals surface area contributed by atoms with Crippen LogP contribution in [0.2, 0.25) is 5.02 Å². The molecule has 1 aromatic rings. The summed E-state index contributed by atoms with van der Waals surface area (Å²) < 4.78 is 0. The van der Waals surface area contributed by atoms with Gasteiger partial charge in [0.15, 0.2) is 0 Å². The zero-order valence-electron chi connectivity index (χ0n) is 6.79. The number of phenolic OH excluding ortho intramolecular Hbond substituents is 1. The van der Waals surface area contributed by atoms with E-state index in [4.69, 9.17) is 27.5 Å². The molecule has 0 amide bonds. The number of benzene rings is 1. The Morgan fingerprint density at radius 3 is 2.33 bits per heavy atom. The third kappa shape index (κ3) is 4.05. The normalized spacial score (nSPS) is 8.58. The lowest BCUT2D eigenvalue weighted by molar-refractivity contribution is 0.318. The Morgan fingerprint density at radius 2 is 2.00 bits per heavy atom. The number of nitrogens with two attached hydrogens (primary N) is 1. The fourth-order valence-electron chi connectivity index (χ4n) is 0.530. The molecule has 4 N–H and O–H groups in total. The van der Waals surface area contributed by atoms with Crippen molar-refractivity contribution in [3.63, 3.8) is 0 Å². The molecule has 0 saturated heterocycles. The first-order valence-corrected chi connectivity index (χ1v) is 3.84. The summed E-state index contributed by atoms with van der Waals surface area (Å²) in [5.74, 6) is 0.0247. The first kappa shape index (κ1) is 11.1. The van der Waals surface area contributed by atoms with Crippen molar-refractivity contribution in [3.8, 4) is 5.75 Å². The minimum Gasteiger partial charge on any atom is -0.506 e. The van der Waals surface area contributed by atoms with Gasteiger partial charge in [0.05, 0.1) is 5.02 Å². The molecule has 1 rings (SSSR count). The molecule has 68 valence electrons. The van der Waals surface area contributed by atoms with Gasteiger partial charge in [-0.05, 0) is 19.1 Å². The summed E-state index contributed by atoms with van der Waals surface area (Å²) in [6.45, 7) is 1.93. The van der Waals surface area contributed by atoms with Gasteiger partial charge < -0.3 is 15.9 Å². The van der Waals surface area contributed by atoms with Crippen molar-refractivity contribution in [2.75, 3.05) is 12.3 Å². The largest absolute Gasteiger partial charge is 0.506 e. The number of hydrogen-bond donors (Lipinski definition) is 3. The molecule has 0 atom stereocenters. The Bertz CT molecular complexity index is 240. The van der Waals surface area contributed by atoms with E-state index >= 15 is 0 Å². The van der Waals surface area contributed by atoms with E-state index in [1.165, 1.54) is 6.07 Å². The van der Waals surface area contributed by atoms with Gasteiger partial charge in [0.1, 0.15) is 5.75 Å². The summed E-state index contributed by atoms with van der Waals surface area (Å²) in [5.41, 5.74) is 5.82. The van der Waals surface area contributed by atoms with Crippen molar-refractivity contribution >= 4 is 17.3 Å². The molecule has 0 fully saturated rings. The topological polar surface area (TPSA) is 66.5 Å². The summed E-state index contributed by atoms with van der Waals surface area (Å²) in [6.07, 6.45) is 0. The zero-order valence-corrected chi connectivity index (χ0v) is 7.54. The van der Waals surface area contributed by atoms with Gasteiger partial charge in [0, 0.05) is 18.4 Å². The Labute approximate surface area is 76.4 Å². The summed E-state index contributed by atoms with van der Waals surface area (Å²) in [5, 5.41) is 16.8. The smallest absolute Gasteiger partial charge is 0.136 e. The highest BCUT2D eigenvalue weighted by Crippen LogP contribution is 2.24. The third-order valence-electron chi connectivity index (χ3n) is 0.970. The van der Waals surface area contributed by atoms with Gasteiger partial charge in [-0.2, -0.15) is 0 Å². The number of rotatable bonds is 0. The highest BCUT2D eigenvalue weighted by Gasteiger charge is 1.94. The van der Waals surface area contributed by atoms with Gasteiger partial charge in [0.2, 0.25) is 0 Å². The number of aliphatic hydroxyl groups excluding tert-OH is 1. The Hall–Kier alpha value is -0.930. The SMILES string of the molecule is CCO.Nc1ccc(Cl)c(O)c1. The van der Waals surface area contributed by atoms with Crippen LogP contribution in [0.3, 0.4) is 0 Å². The van der Waals surface area contributed by atoms with Gasteiger partial charge in [-0.1, -0.05) is 11.6 Å². The molecule has 0 saturated carbocycles. The summed E-state index contributed by atoms with van der Waals surface area (Å²) >= 11 is 5.48. The predicted octanol–water partition coefficient (Wildman–Crippen LogP) is 1.63. The number of halogens is 1. The maximum Gasteiger partial charge on any atom is 0.136 e. The fourth-order valence-corrected chi connectivity index (χ4v) is 0.647. The van der Waals surface area contributed by atoms with E-state index < -0.39 is 0 Å². The zero-order chi connectivity index (χ0) is 9.56. The molecule has 0 aliphatic rings. The standard InChI is InChI=1S/C6H6ClNO.C2H6O/c7-5-2-1-4(8)3-6(5)9;1-2-3/h1-3,9H,8H2;3H,2H2,1H3. The monoisotopic (exact) mass is 189 g/mol. The minimum atomic E-state index is 0.0247. The second-order valence-corrected chi connectivity index (χ2v) is 2.43. The fraction of sp³-hybridized carbons (Fsp3) is 0.250. The first-order valence-electron chi connectivity index (χ1n) is 3.46. The van der Waals surface area contributed by atoms with Crippen LogP contribution in [0.4, 0.5) is 5.69 Å². The lowest BCUT2D eigenvalue weighted by atomic mass is 10.3. The molecular formula is C8H12ClNO2. The molecule has 0 aliphatic heterocycles. The average molecular weight is 190 g/mol. The van der Waals surface area contributed by atoms with Crippen LogP contribution in [0.1, 0.15) is 6.92 Å². The van der Waals surface area contributed by atoms with E-state index in [0.717, 1.165) is 0 Å². The summed E-state index contributed by atoms with van der Waals surface area (Å²) in [7, 11) is 0. The van der Waals surface area contributed by atoms with Crippen LogP contribution >= 0.6 is 11.6 Å². The van der Waals surface area contributed by atoms with Gasteiger partial charge >= 0.3 is 0 Å². The number of phenols is 1. The Morgan fingerprint density at radius 1 is 1.50 bits per heavy atom. The Kier molecular flexibility index (Phi) is 5.25. The van der Waals surface area contributed by atoms with E-state index in [1.54, 1.807) is 19.1 Å². The summed E-state index contributed by atoms with van der Waals surface area (Å²) in [4.78, 5) is 0. The molecule has 0 aromatic heterocycles. The number of aliphatic hydroxyl groups is 1. The number of hydrogen-bond acceptors (Lipinski definition) is 3. The van der Waals surface area contributed by atoms with Gasteiger partial charge in [-0.25, -0.2) is 0 Å². The van der Waals surface area contributed by atoms with Crippen molar-refractivity contribution in [2.24, 2.45) is 0 Å². The molecule has 0 unspecified atom stereocenters. The van der Waals surface area contributed by atoms with Crippen LogP contribution in [-0.2, 0) is 0 Å². The van der Waals surface area contributed by atoms with E-state index in [9.17, 15) is 0 Å². The van der Waals surface area contributed by atoms with Crippen molar-refractivity contribution < 1.29 is 10.2 Å². The average Bonchev–Trinajstić information content (AvgIpc) is 1.99. The van der Waals surface area contributed by atoms with Gasteiger partial charge in [-0.15, -0.1) is 0 Å². The van der Waals surface area contributed by atoms with Crippen molar-refractivity contribution in [3.05, 3.63) is 23.2 Å². The van der Waals surface area contributed by atoms with Crippen LogP contribution in [0.5, 0.6) is 5.75 Å². The van der Waals surface area contributed by atoms with Gasteiger partial charge in [-0.3, -0.25) is 0 Å². The third-order valence-corrected chi connectivity index (χ3v) is 1.29. The minimum absolute atomic E-state index is 0.0247. The molecule has 0 spiro atoms. The number of aromatic hydroxyl groups is 1. The highest BCUT2D eigenvalue weighted by atomic mass is 35.5. The Balaban J connectivity index is 0.000000354. The molecule has 3 nitrogen and oxygen atoms in total. The van der Waals surface area contributed by atoms with Crippen LogP contribution in [0.15, 0.2) is 18.2 Å². The molecule has 4 heteroatoms. The van der Waals surface area contributed by atoms with E-state index in [0.29, 0.717) is 10.7 Å². The second kappa shape index (κ2) is 5.69. The number of nitrogen functional groups attached to an aromatic ring is 1. The van der Waals surface area contributed by atoms with Crippen LogP contribution in [-0.4, -0.2) is 16.8 Å². The van der Waals surface area contributed by atoms with Crippen molar-refractivity contribution in [1.82, 2.24) is 0 Å². The van der Waals surface area contributed by atoms with Crippen LogP contribution in [0.25, 0.3) is 0 Å². The van der Waals surface area contributed by atoms with Crippen molar-refractivity contribution in [2.45, 2.75) is 6.92 Å². The lowest BCUT2D eigenvalue weighted by Crippen LogP contribution is -1.81. The quantitative estimate of drug-likeness (QED) is 0.544. The molecule has 1 aromatic carbocycles. The van der Waals surface area contributed by atoms with E-state index in [2.05, 4.69) is 0 Å². The molecule has 0 heterocycles. The van der Waals surface area contributed by atoms with Crippen molar-refractivity contribution in [1.29, 1.82) is 0 Å². The van der Waals surface area contributed by atoms with Gasteiger partial charge in [0.25, 0.3) is 0 Å². The second-order valence-electron chi connectivity index (χ2n) is 2.03. The van der Waals surface area contributed by atoms with Crippen LogP contribution < -0.4 is 5.73 Å². The van der Waals surface area contributed by atoms with E-state index in [1.807, 2.05) is 0 Å². The maximum absolute atomic E-state index is 8.89. The predicted molar refractivity (Wildman–Crippen MR) is 50.3 cm³/mol. The van der Waals surface area contributed by atoms with Crippen LogP contribution in [0, 0.1) is 0 Å². The molecule has 12 heavy (non-hydrogen) atoms. The summed E-state index contributed by atoms with van der Waals surface area (Å²) in [6, 6.07) is 4.58. The number of anilines is 1. The van der Waals surface area contributed by atoms with E-state index in [-0.39, 0.29) is 12.4 Å². The maximum atomic E-state index is 8.89. The molecular weight excluding hydrogens is 178 g/mol. The molecule has 0 aliphatic carbocycles.